The smallest absolute Gasteiger partial charge is 0.345 e. The maximum atomic E-state index is 12.7. The second-order valence-corrected chi connectivity index (χ2v) is 8.00. The average molecular weight is 486 g/mol. The number of hydrogen-bond acceptors (Lipinski definition) is 5. The highest BCUT2D eigenvalue weighted by Gasteiger charge is 2.16. The summed E-state index contributed by atoms with van der Waals surface area (Å²) >= 11 is 6.12. The first-order valence-corrected chi connectivity index (χ1v) is 11.0. The van der Waals surface area contributed by atoms with Crippen molar-refractivity contribution in [3.05, 3.63) is 107 Å². The van der Waals surface area contributed by atoms with Crippen molar-refractivity contribution in [1.82, 2.24) is 5.43 Å². The average Bonchev–Trinajstić information content (AvgIpc) is 2.85. The van der Waals surface area contributed by atoms with Crippen LogP contribution in [-0.2, 0) is 9.59 Å². The van der Waals surface area contributed by atoms with Gasteiger partial charge in [-0.1, -0.05) is 66.2 Å². The van der Waals surface area contributed by atoms with Crippen LogP contribution in [0.3, 0.4) is 0 Å². The van der Waals surface area contributed by atoms with E-state index < -0.39 is 17.8 Å². The van der Waals surface area contributed by atoms with E-state index in [0.29, 0.717) is 11.3 Å². The summed E-state index contributed by atoms with van der Waals surface area (Å²) in [7, 11) is 0. The van der Waals surface area contributed by atoms with Crippen LogP contribution < -0.4 is 15.5 Å². The predicted octanol–water partition coefficient (Wildman–Crippen LogP) is 5.11. The number of fused-ring (bicyclic) bond motifs is 1. The molecule has 0 aliphatic carbocycles. The third-order valence-corrected chi connectivity index (χ3v) is 5.40. The fraction of sp³-hybridized carbons (Fsp3) is 0.0370. The number of benzene rings is 4. The van der Waals surface area contributed by atoms with Crippen molar-refractivity contribution < 1.29 is 19.1 Å². The number of nitrogens with one attached hydrogen (secondary N) is 2. The van der Waals surface area contributed by atoms with Crippen molar-refractivity contribution in [3.8, 4) is 5.75 Å². The lowest BCUT2D eigenvalue weighted by Gasteiger charge is -2.11. The van der Waals surface area contributed by atoms with Gasteiger partial charge < -0.3 is 10.1 Å². The summed E-state index contributed by atoms with van der Waals surface area (Å²) in [4.78, 5) is 37.2. The zero-order valence-corrected chi connectivity index (χ0v) is 19.4. The molecule has 0 aromatic heterocycles. The first kappa shape index (κ1) is 23.7. The van der Waals surface area contributed by atoms with Gasteiger partial charge in [0.05, 0.1) is 16.8 Å². The summed E-state index contributed by atoms with van der Waals surface area (Å²) in [5.41, 5.74) is 4.31. The monoisotopic (exact) mass is 485 g/mol. The Balaban J connectivity index is 1.55. The van der Waals surface area contributed by atoms with Crippen molar-refractivity contribution in [1.29, 1.82) is 0 Å². The van der Waals surface area contributed by atoms with Gasteiger partial charge in [0, 0.05) is 11.3 Å². The Labute approximate surface area is 206 Å². The highest BCUT2D eigenvalue weighted by Crippen LogP contribution is 2.28. The fourth-order valence-corrected chi connectivity index (χ4v) is 3.61. The Hall–Kier alpha value is -4.49. The Morgan fingerprint density at radius 2 is 1.66 bits per heavy atom. The summed E-state index contributed by atoms with van der Waals surface area (Å²) in [6.45, 7) is 1.88. The molecule has 4 aromatic carbocycles. The third kappa shape index (κ3) is 5.72. The van der Waals surface area contributed by atoms with Crippen molar-refractivity contribution in [2.45, 2.75) is 6.92 Å². The van der Waals surface area contributed by atoms with Gasteiger partial charge in [-0.2, -0.15) is 5.10 Å². The molecular weight excluding hydrogens is 466 g/mol. The van der Waals surface area contributed by atoms with Crippen LogP contribution in [0.25, 0.3) is 10.8 Å². The van der Waals surface area contributed by atoms with E-state index in [1.54, 1.807) is 54.6 Å². The number of aryl methyl sites for hydroxylation is 1. The molecule has 7 nitrogen and oxygen atoms in total. The molecule has 0 atom stereocenters. The number of ether oxygens (including phenoxy) is 1. The van der Waals surface area contributed by atoms with Gasteiger partial charge in [0.1, 0.15) is 5.75 Å². The summed E-state index contributed by atoms with van der Waals surface area (Å²) in [6.07, 6.45) is 1.33. The number of nitrogens with zero attached hydrogens (tertiary/aromatic N) is 1. The lowest BCUT2D eigenvalue weighted by atomic mass is 10.0. The lowest BCUT2D eigenvalue weighted by Crippen LogP contribution is -2.32. The first-order valence-electron chi connectivity index (χ1n) is 10.6. The normalized spacial score (nSPS) is 10.8. The topological polar surface area (TPSA) is 96.9 Å². The number of carbonyl (C=O) groups excluding carboxylic acids is 3. The van der Waals surface area contributed by atoms with E-state index in [4.69, 9.17) is 16.3 Å². The summed E-state index contributed by atoms with van der Waals surface area (Å²) in [5, 5.41) is 8.31. The first-order chi connectivity index (χ1) is 16.9. The predicted molar refractivity (Wildman–Crippen MR) is 136 cm³/mol. The molecule has 8 heteroatoms. The number of esters is 1. The summed E-state index contributed by atoms with van der Waals surface area (Å²) in [6, 6.07) is 24.5. The molecule has 0 aliphatic heterocycles. The minimum atomic E-state index is -0.947. The van der Waals surface area contributed by atoms with Crippen LogP contribution in [0.1, 0.15) is 21.5 Å². The van der Waals surface area contributed by atoms with Crippen LogP contribution in [0.5, 0.6) is 5.75 Å². The minimum absolute atomic E-state index is 0.214. The third-order valence-electron chi connectivity index (χ3n) is 5.07. The number of halogens is 1. The quantitative estimate of drug-likeness (QED) is 0.135. The molecule has 2 amide bonds. The van der Waals surface area contributed by atoms with E-state index in [0.717, 1.165) is 16.3 Å². The van der Waals surface area contributed by atoms with E-state index in [9.17, 15) is 14.4 Å². The standard InChI is InChI=1S/C27H20ClN3O4/c1-17-7-6-9-19(15-17)30-25(32)26(33)31-29-16-22-20-10-3-2-8-18(20)13-14-24(22)35-27(34)21-11-4-5-12-23(21)28/h2-16H,1H3,(H,30,32)(H,31,33)/b29-16+. The van der Waals surface area contributed by atoms with E-state index in [1.165, 1.54) is 6.21 Å². The van der Waals surface area contributed by atoms with Crippen molar-refractivity contribution in [3.63, 3.8) is 0 Å². The molecule has 0 radical (unpaired) electrons. The molecular formula is C27H20ClN3O4. The van der Waals surface area contributed by atoms with Crippen molar-refractivity contribution in [2.75, 3.05) is 5.32 Å². The van der Waals surface area contributed by atoms with E-state index >= 15 is 0 Å². The number of amides is 2. The lowest BCUT2D eigenvalue weighted by molar-refractivity contribution is -0.136. The molecule has 0 spiro atoms. The highest BCUT2D eigenvalue weighted by atomic mass is 35.5. The van der Waals surface area contributed by atoms with E-state index in [1.807, 2.05) is 37.3 Å². The Morgan fingerprint density at radius 3 is 2.46 bits per heavy atom. The maximum Gasteiger partial charge on any atom is 0.345 e. The number of rotatable bonds is 5. The minimum Gasteiger partial charge on any atom is -0.422 e. The highest BCUT2D eigenvalue weighted by molar-refractivity contribution is 6.39. The molecule has 0 saturated carbocycles. The molecule has 0 fully saturated rings. The SMILES string of the molecule is Cc1cccc(NC(=O)C(=O)N/N=C/c2c(OC(=O)c3ccccc3Cl)ccc3ccccc23)c1. The van der Waals surface area contributed by atoms with Crippen LogP contribution in [0.4, 0.5) is 5.69 Å². The number of hydrazone groups is 1. The number of carbonyl (C=O) groups is 3. The van der Waals surface area contributed by atoms with Gasteiger partial charge in [-0.3, -0.25) is 9.59 Å². The molecule has 35 heavy (non-hydrogen) atoms. The fourth-order valence-electron chi connectivity index (χ4n) is 3.40. The second-order valence-electron chi connectivity index (χ2n) is 7.59. The van der Waals surface area contributed by atoms with Crippen molar-refractivity contribution >= 4 is 52.1 Å². The van der Waals surface area contributed by atoms with Gasteiger partial charge in [0.15, 0.2) is 0 Å². The largest absolute Gasteiger partial charge is 0.422 e. The van der Waals surface area contributed by atoms with Crippen molar-refractivity contribution in [2.24, 2.45) is 5.10 Å². The molecule has 0 heterocycles. The van der Waals surface area contributed by atoms with Crippen LogP contribution >= 0.6 is 11.6 Å². The van der Waals surface area contributed by atoms with Gasteiger partial charge in [0.25, 0.3) is 0 Å². The zero-order chi connectivity index (χ0) is 24.8. The number of hydrogen-bond donors (Lipinski definition) is 2. The molecule has 174 valence electrons. The molecule has 0 aliphatic rings. The van der Waals surface area contributed by atoms with Gasteiger partial charge in [-0.25, -0.2) is 10.2 Å². The summed E-state index contributed by atoms with van der Waals surface area (Å²) < 4.78 is 5.61. The maximum absolute atomic E-state index is 12.7. The Bertz CT molecular complexity index is 1470. The van der Waals surface area contributed by atoms with E-state index in [-0.39, 0.29) is 16.3 Å². The van der Waals surface area contributed by atoms with Crippen LogP contribution in [0.15, 0.2) is 90.0 Å². The molecule has 0 bridgehead atoms. The van der Waals surface area contributed by atoms with Crippen LogP contribution in [0.2, 0.25) is 5.02 Å². The van der Waals surface area contributed by atoms with Gasteiger partial charge in [0.2, 0.25) is 0 Å². The Morgan fingerprint density at radius 1 is 0.886 bits per heavy atom. The van der Waals surface area contributed by atoms with Crippen LogP contribution in [0, 0.1) is 6.92 Å². The summed E-state index contributed by atoms with van der Waals surface area (Å²) in [5.74, 6) is -2.23. The number of anilines is 1. The molecule has 4 rings (SSSR count). The van der Waals surface area contributed by atoms with Gasteiger partial charge in [-0.05, 0) is 53.6 Å². The van der Waals surface area contributed by atoms with Crippen LogP contribution in [-0.4, -0.2) is 24.0 Å². The molecule has 0 saturated heterocycles. The molecule has 0 unspecified atom stereocenters. The van der Waals surface area contributed by atoms with Gasteiger partial charge >= 0.3 is 17.8 Å². The molecule has 4 aromatic rings. The molecule has 2 N–H and O–H groups in total. The Kier molecular flexibility index (Phi) is 7.18. The zero-order valence-electron chi connectivity index (χ0n) is 18.6. The van der Waals surface area contributed by atoms with E-state index in [2.05, 4.69) is 15.8 Å². The second kappa shape index (κ2) is 10.6. The van der Waals surface area contributed by atoms with Gasteiger partial charge in [-0.15, -0.1) is 0 Å².